The lowest BCUT2D eigenvalue weighted by molar-refractivity contribution is 0.804. The maximum Gasteiger partial charge on any atom is 0.0697 e. The van der Waals surface area contributed by atoms with E-state index < -0.39 is 0 Å². The van der Waals surface area contributed by atoms with Crippen LogP contribution in [0.3, 0.4) is 0 Å². The van der Waals surface area contributed by atoms with Crippen LogP contribution in [0.2, 0.25) is 0 Å². The van der Waals surface area contributed by atoms with E-state index in [0.29, 0.717) is 0 Å². The number of nitrogens with zero attached hydrogens (tertiary/aromatic N) is 4. The Bertz CT molecular complexity index is 639. The molecule has 1 aromatic carbocycles. The molecule has 0 aliphatic rings. The summed E-state index contributed by atoms with van der Waals surface area (Å²) in [6.07, 6.45) is 5.65. The summed E-state index contributed by atoms with van der Waals surface area (Å²) < 4.78 is 5.14. The molecule has 0 amide bonds. The van der Waals surface area contributed by atoms with Gasteiger partial charge in [-0.3, -0.25) is 0 Å². The fraction of sp³-hybridized carbons (Fsp3) is 0.0909. The van der Waals surface area contributed by atoms with Gasteiger partial charge >= 0.3 is 0 Å². The van der Waals surface area contributed by atoms with Crippen molar-refractivity contribution >= 4 is 33.5 Å². The summed E-state index contributed by atoms with van der Waals surface area (Å²) in [4.78, 5) is 0. The molecule has 3 aromatic rings. The van der Waals surface area contributed by atoms with Gasteiger partial charge in [0.2, 0.25) is 0 Å². The van der Waals surface area contributed by atoms with Crippen LogP contribution >= 0.6 is 22.6 Å². The lowest BCUT2D eigenvalue weighted by atomic mass is 10.2. The van der Waals surface area contributed by atoms with Crippen molar-refractivity contribution in [3.8, 4) is 5.69 Å². The quantitative estimate of drug-likeness (QED) is 0.644. The first-order chi connectivity index (χ1) is 7.75. The largest absolute Gasteiger partial charge is 0.349 e. The summed E-state index contributed by atoms with van der Waals surface area (Å²) in [5.41, 5.74) is 2.27. The Morgan fingerprint density at radius 2 is 2.19 bits per heavy atom. The molecule has 0 aliphatic carbocycles. The van der Waals surface area contributed by atoms with Crippen LogP contribution in [0.1, 0.15) is 0 Å². The SMILES string of the molecule is Cn1cc(I)c2cc(-n3ccnn3)ccc21. The van der Waals surface area contributed by atoms with Crippen LogP contribution in [0, 0.1) is 3.57 Å². The smallest absolute Gasteiger partial charge is 0.0697 e. The van der Waals surface area contributed by atoms with Crippen molar-refractivity contribution in [2.45, 2.75) is 0 Å². The van der Waals surface area contributed by atoms with Crippen LogP contribution < -0.4 is 0 Å². The number of benzene rings is 1. The van der Waals surface area contributed by atoms with Crippen LogP contribution in [-0.2, 0) is 7.05 Å². The highest BCUT2D eigenvalue weighted by Gasteiger charge is 2.06. The molecule has 4 nitrogen and oxygen atoms in total. The number of rotatable bonds is 1. The van der Waals surface area contributed by atoms with E-state index in [1.807, 2.05) is 12.3 Å². The molecule has 0 saturated heterocycles. The highest BCUT2D eigenvalue weighted by Crippen LogP contribution is 2.24. The van der Waals surface area contributed by atoms with Gasteiger partial charge in [-0.2, -0.15) is 0 Å². The van der Waals surface area contributed by atoms with Gasteiger partial charge in [-0.15, -0.1) is 5.10 Å². The zero-order valence-corrected chi connectivity index (χ0v) is 10.8. The second-order valence-electron chi connectivity index (χ2n) is 3.64. The standard InChI is InChI=1S/C11H9IN4/c1-15-7-10(12)9-6-8(2-3-11(9)15)16-5-4-13-14-16/h2-7H,1H3. The molecule has 80 valence electrons. The predicted octanol–water partition coefficient (Wildman–Crippen LogP) is 2.36. The van der Waals surface area contributed by atoms with Gasteiger partial charge in [-0.1, -0.05) is 5.21 Å². The number of halogens is 1. The van der Waals surface area contributed by atoms with Crippen LogP contribution in [-0.4, -0.2) is 19.6 Å². The normalized spacial score (nSPS) is 11.1. The van der Waals surface area contributed by atoms with Gasteiger partial charge in [0.15, 0.2) is 0 Å². The van der Waals surface area contributed by atoms with Crippen molar-refractivity contribution in [3.05, 3.63) is 40.4 Å². The Kier molecular flexibility index (Phi) is 2.20. The molecular formula is C11H9IN4. The minimum Gasteiger partial charge on any atom is -0.349 e. The van der Waals surface area contributed by atoms with Crippen molar-refractivity contribution in [2.75, 3.05) is 0 Å². The van der Waals surface area contributed by atoms with E-state index in [2.05, 4.69) is 62.8 Å². The summed E-state index contributed by atoms with van der Waals surface area (Å²) in [5.74, 6) is 0. The average Bonchev–Trinajstić information content (AvgIpc) is 2.88. The number of hydrogen-bond acceptors (Lipinski definition) is 2. The first-order valence-electron chi connectivity index (χ1n) is 4.87. The van der Waals surface area contributed by atoms with Crippen molar-refractivity contribution in [1.82, 2.24) is 19.6 Å². The molecule has 16 heavy (non-hydrogen) atoms. The summed E-state index contributed by atoms with van der Waals surface area (Å²) in [5, 5.41) is 9.05. The fourth-order valence-electron chi connectivity index (χ4n) is 1.82. The first-order valence-corrected chi connectivity index (χ1v) is 5.95. The van der Waals surface area contributed by atoms with Crippen LogP contribution in [0.5, 0.6) is 0 Å². The number of fused-ring (bicyclic) bond motifs is 1. The molecular weight excluding hydrogens is 315 g/mol. The molecule has 0 unspecified atom stereocenters. The summed E-state index contributed by atoms with van der Waals surface area (Å²) in [6, 6.07) is 6.29. The van der Waals surface area contributed by atoms with Crippen LogP contribution in [0.25, 0.3) is 16.6 Å². The van der Waals surface area contributed by atoms with E-state index in [0.717, 1.165) is 5.69 Å². The second-order valence-corrected chi connectivity index (χ2v) is 4.80. The van der Waals surface area contributed by atoms with E-state index in [9.17, 15) is 0 Å². The van der Waals surface area contributed by atoms with Crippen molar-refractivity contribution in [1.29, 1.82) is 0 Å². The minimum absolute atomic E-state index is 1.04. The highest BCUT2D eigenvalue weighted by molar-refractivity contribution is 14.1. The molecule has 0 aliphatic heterocycles. The van der Waals surface area contributed by atoms with E-state index in [1.54, 1.807) is 10.9 Å². The van der Waals surface area contributed by atoms with Gasteiger partial charge in [0.1, 0.15) is 0 Å². The Hall–Kier alpha value is -1.37. The van der Waals surface area contributed by atoms with Crippen LogP contribution in [0.15, 0.2) is 36.8 Å². The molecule has 2 heterocycles. The van der Waals surface area contributed by atoms with E-state index in [1.165, 1.54) is 14.5 Å². The molecule has 0 fully saturated rings. The molecule has 0 saturated carbocycles. The number of aryl methyl sites for hydroxylation is 1. The third-order valence-corrected chi connectivity index (χ3v) is 3.47. The number of aromatic nitrogens is 4. The molecule has 0 N–H and O–H groups in total. The summed E-state index contributed by atoms with van der Waals surface area (Å²) in [7, 11) is 2.06. The monoisotopic (exact) mass is 324 g/mol. The zero-order valence-electron chi connectivity index (χ0n) is 8.63. The lowest BCUT2D eigenvalue weighted by Gasteiger charge is -2.01. The Balaban J connectivity index is 2.27. The summed E-state index contributed by atoms with van der Waals surface area (Å²) >= 11 is 2.35. The second kappa shape index (κ2) is 3.58. The van der Waals surface area contributed by atoms with E-state index >= 15 is 0 Å². The molecule has 0 spiro atoms. The highest BCUT2D eigenvalue weighted by atomic mass is 127. The molecule has 3 rings (SSSR count). The fourth-order valence-corrected chi connectivity index (χ4v) is 2.67. The molecule has 0 radical (unpaired) electrons. The van der Waals surface area contributed by atoms with Gasteiger partial charge < -0.3 is 4.57 Å². The Labute approximate surface area is 106 Å². The van der Waals surface area contributed by atoms with Gasteiger partial charge in [-0.05, 0) is 40.8 Å². The van der Waals surface area contributed by atoms with E-state index in [-0.39, 0.29) is 0 Å². The molecule has 0 bridgehead atoms. The Morgan fingerprint density at radius 1 is 1.31 bits per heavy atom. The third-order valence-electron chi connectivity index (χ3n) is 2.61. The van der Waals surface area contributed by atoms with Crippen LogP contribution in [0.4, 0.5) is 0 Å². The van der Waals surface area contributed by atoms with Gasteiger partial charge in [0.25, 0.3) is 0 Å². The van der Waals surface area contributed by atoms with Gasteiger partial charge in [-0.25, -0.2) is 4.68 Å². The van der Waals surface area contributed by atoms with E-state index in [4.69, 9.17) is 0 Å². The number of hydrogen-bond donors (Lipinski definition) is 0. The van der Waals surface area contributed by atoms with Crippen molar-refractivity contribution < 1.29 is 0 Å². The predicted molar refractivity (Wildman–Crippen MR) is 70.6 cm³/mol. The topological polar surface area (TPSA) is 35.6 Å². The maximum absolute atomic E-state index is 3.99. The summed E-state index contributed by atoms with van der Waals surface area (Å²) in [6.45, 7) is 0. The third kappa shape index (κ3) is 1.42. The van der Waals surface area contributed by atoms with Gasteiger partial charge in [0.05, 0.1) is 18.1 Å². The molecule has 2 aromatic heterocycles. The van der Waals surface area contributed by atoms with Crippen molar-refractivity contribution in [3.63, 3.8) is 0 Å². The Morgan fingerprint density at radius 3 is 2.94 bits per heavy atom. The zero-order chi connectivity index (χ0) is 11.1. The first kappa shape index (κ1) is 9.83. The lowest BCUT2D eigenvalue weighted by Crippen LogP contribution is -1.94. The van der Waals surface area contributed by atoms with Gasteiger partial charge in [0, 0.05) is 27.7 Å². The average molecular weight is 324 g/mol. The maximum atomic E-state index is 3.99. The van der Waals surface area contributed by atoms with Crippen molar-refractivity contribution in [2.24, 2.45) is 7.05 Å². The molecule has 5 heteroatoms. The molecule has 0 atom stereocenters. The minimum atomic E-state index is 1.04.